The number of likely N-dealkylation sites (tertiary alicyclic amines) is 1. The first kappa shape index (κ1) is 37.3. The quantitative estimate of drug-likeness (QED) is 0.349. The highest BCUT2D eigenvalue weighted by Crippen LogP contribution is 2.34. The first-order valence-electron chi connectivity index (χ1n) is 17.5. The van der Waals surface area contributed by atoms with Crippen molar-refractivity contribution in [1.29, 1.82) is 0 Å². The summed E-state index contributed by atoms with van der Waals surface area (Å²) in [5.74, 6) is -3.06. The molecule has 3 aromatic carbocycles. The topological polar surface area (TPSA) is 123 Å². The second-order valence-corrected chi connectivity index (χ2v) is 14.3. The van der Waals surface area contributed by atoms with Crippen molar-refractivity contribution in [3.8, 4) is 16.9 Å². The summed E-state index contributed by atoms with van der Waals surface area (Å²) in [4.78, 5) is 58.9. The molecule has 0 aliphatic carbocycles. The number of hydrogen-bond donors (Lipinski definition) is 1. The maximum atomic E-state index is 14.7. The van der Waals surface area contributed by atoms with Crippen LogP contribution in [0.1, 0.15) is 47.9 Å². The third-order valence-electron chi connectivity index (χ3n) is 9.45. The zero-order valence-corrected chi connectivity index (χ0v) is 29.8. The smallest absolute Gasteiger partial charge is 0.410 e. The molecular weight excluding hydrogens is 695 g/mol. The summed E-state index contributed by atoms with van der Waals surface area (Å²) in [6.07, 6.45) is -1.36. The average molecular weight is 738 g/mol. The van der Waals surface area contributed by atoms with Crippen LogP contribution in [-0.4, -0.2) is 126 Å². The van der Waals surface area contributed by atoms with E-state index in [1.54, 1.807) is 59.7 Å². The molecule has 3 fully saturated rings. The largest absolute Gasteiger partial charge is 0.488 e. The van der Waals surface area contributed by atoms with Crippen LogP contribution in [0.4, 0.5) is 28.4 Å². The predicted molar refractivity (Wildman–Crippen MR) is 189 cm³/mol. The van der Waals surface area contributed by atoms with Crippen LogP contribution in [0.5, 0.6) is 5.75 Å². The molecule has 0 bridgehead atoms. The van der Waals surface area contributed by atoms with Crippen LogP contribution >= 0.6 is 0 Å². The summed E-state index contributed by atoms with van der Waals surface area (Å²) in [5.41, 5.74) is 0.925. The molecule has 282 valence electrons. The Morgan fingerprint density at radius 3 is 1.96 bits per heavy atom. The van der Waals surface area contributed by atoms with Gasteiger partial charge in [0.1, 0.15) is 23.3 Å². The molecule has 0 aromatic heterocycles. The number of anilines is 1. The maximum Gasteiger partial charge on any atom is 0.410 e. The Bertz CT molecular complexity index is 1890. The van der Waals surface area contributed by atoms with Crippen LogP contribution in [0.2, 0.25) is 0 Å². The summed E-state index contributed by atoms with van der Waals surface area (Å²) in [6.45, 7) is 8.06. The molecule has 3 heterocycles. The Morgan fingerprint density at radius 2 is 1.34 bits per heavy atom. The van der Waals surface area contributed by atoms with Gasteiger partial charge in [0.2, 0.25) is 0 Å². The third kappa shape index (κ3) is 8.78. The number of carbonyl (C=O) groups excluding carboxylic acids is 3. The fourth-order valence-corrected chi connectivity index (χ4v) is 6.67. The first-order chi connectivity index (χ1) is 25.1. The number of carboxylic acid groups (broad SMARTS) is 1. The van der Waals surface area contributed by atoms with Gasteiger partial charge in [-0.2, -0.15) is 0 Å². The van der Waals surface area contributed by atoms with Gasteiger partial charge in [0.15, 0.2) is 11.6 Å². The Morgan fingerprint density at radius 1 is 0.698 bits per heavy atom. The van der Waals surface area contributed by atoms with Crippen LogP contribution in [0.3, 0.4) is 0 Å². The van der Waals surface area contributed by atoms with E-state index in [9.17, 15) is 37.5 Å². The van der Waals surface area contributed by atoms with Crippen molar-refractivity contribution < 1.29 is 46.9 Å². The second-order valence-electron chi connectivity index (χ2n) is 14.3. The van der Waals surface area contributed by atoms with E-state index in [0.29, 0.717) is 48.6 Å². The molecular formula is C38H42F3N5O7. The van der Waals surface area contributed by atoms with Crippen molar-refractivity contribution in [3.05, 3.63) is 83.2 Å². The molecule has 6 rings (SSSR count). The van der Waals surface area contributed by atoms with Gasteiger partial charge in [-0.15, -0.1) is 0 Å². The molecule has 12 nitrogen and oxygen atoms in total. The number of ether oxygens (including phenoxy) is 2. The minimum absolute atomic E-state index is 0.156. The van der Waals surface area contributed by atoms with Crippen molar-refractivity contribution in [2.45, 2.75) is 38.9 Å². The lowest BCUT2D eigenvalue weighted by atomic mass is 10.0. The second kappa shape index (κ2) is 15.2. The Hall–Kier alpha value is -5.47. The number of hydrogen-bond acceptors (Lipinski definition) is 7. The minimum Gasteiger partial charge on any atom is -0.488 e. The van der Waals surface area contributed by atoms with Gasteiger partial charge in [-0.1, -0.05) is 6.07 Å². The number of amides is 4. The molecule has 3 aromatic rings. The summed E-state index contributed by atoms with van der Waals surface area (Å²) >= 11 is 0. The predicted octanol–water partition coefficient (Wildman–Crippen LogP) is 5.56. The molecule has 1 unspecified atom stereocenters. The first-order valence-corrected chi connectivity index (χ1v) is 17.5. The molecule has 4 amide bonds. The van der Waals surface area contributed by atoms with Gasteiger partial charge in [-0.05, 0) is 74.9 Å². The van der Waals surface area contributed by atoms with Crippen molar-refractivity contribution >= 4 is 29.7 Å². The van der Waals surface area contributed by atoms with Gasteiger partial charge in [0, 0.05) is 87.7 Å². The summed E-state index contributed by atoms with van der Waals surface area (Å²) < 4.78 is 54.8. The van der Waals surface area contributed by atoms with Crippen LogP contribution in [-0.2, 0) is 4.74 Å². The van der Waals surface area contributed by atoms with E-state index in [0.717, 1.165) is 12.1 Å². The fourth-order valence-electron chi connectivity index (χ4n) is 6.67. The van der Waals surface area contributed by atoms with E-state index in [1.165, 1.54) is 23.1 Å². The SMILES string of the molecule is CC(C)(C)OC(=O)N1CCC(Oc2ccc(C(=O)N3CCN(C(=O)c4cc(F)cc(N5CCN(C(=O)O)CC5)c4)CC3)cc2-c2ccc(F)c(F)c2)C1. The molecule has 3 aliphatic rings. The van der Waals surface area contributed by atoms with E-state index in [4.69, 9.17) is 9.47 Å². The van der Waals surface area contributed by atoms with Gasteiger partial charge < -0.3 is 39.1 Å². The van der Waals surface area contributed by atoms with Gasteiger partial charge in [-0.25, -0.2) is 22.8 Å². The molecule has 1 atom stereocenters. The number of piperazine rings is 2. The average Bonchev–Trinajstić information content (AvgIpc) is 3.60. The van der Waals surface area contributed by atoms with Crippen molar-refractivity contribution in [2.24, 2.45) is 0 Å². The monoisotopic (exact) mass is 737 g/mol. The van der Waals surface area contributed by atoms with Gasteiger partial charge in [-0.3, -0.25) is 9.59 Å². The summed E-state index contributed by atoms with van der Waals surface area (Å²) in [5, 5.41) is 9.23. The molecule has 53 heavy (non-hydrogen) atoms. The number of rotatable bonds is 6. The highest BCUT2D eigenvalue weighted by Gasteiger charge is 2.32. The fraction of sp³-hybridized carbons (Fsp3) is 0.421. The summed E-state index contributed by atoms with van der Waals surface area (Å²) in [7, 11) is 0. The van der Waals surface area contributed by atoms with Gasteiger partial charge in [0.05, 0.1) is 6.54 Å². The third-order valence-corrected chi connectivity index (χ3v) is 9.45. The number of nitrogens with zero attached hydrogens (tertiary/aromatic N) is 5. The van der Waals surface area contributed by atoms with E-state index < -0.39 is 41.3 Å². The maximum absolute atomic E-state index is 14.7. The number of halogens is 3. The molecule has 0 spiro atoms. The molecule has 15 heteroatoms. The van der Waals surface area contributed by atoms with E-state index >= 15 is 0 Å². The standard InChI is InChI=1S/C38H42F3N5O7/c1-38(2,3)53-37(51)46-9-8-29(23-46)52-33-7-5-25(20-30(33)24-4-6-31(40)32(41)21-24)34(47)43-12-14-44(15-13-43)35(48)26-18-27(39)22-28(19-26)42-10-16-45(17-11-42)36(49)50/h4-7,18-22,29H,8-17,23H2,1-3H3,(H,49,50). The van der Waals surface area contributed by atoms with Crippen LogP contribution in [0, 0.1) is 17.5 Å². The van der Waals surface area contributed by atoms with E-state index in [1.807, 2.05) is 4.90 Å². The number of carbonyl (C=O) groups is 4. The summed E-state index contributed by atoms with van der Waals surface area (Å²) in [6, 6.07) is 12.3. The Balaban J connectivity index is 1.13. The molecule has 3 saturated heterocycles. The minimum atomic E-state index is -1.06. The van der Waals surface area contributed by atoms with Crippen molar-refractivity contribution in [3.63, 3.8) is 0 Å². The zero-order valence-electron chi connectivity index (χ0n) is 29.8. The van der Waals surface area contributed by atoms with Crippen LogP contribution < -0.4 is 9.64 Å². The van der Waals surface area contributed by atoms with Crippen LogP contribution in [0.15, 0.2) is 54.6 Å². The Labute approximate surface area is 305 Å². The lowest BCUT2D eigenvalue weighted by Gasteiger charge is -2.36. The van der Waals surface area contributed by atoms with E-state index in [-0.39, 0.29) is 68.8 Å². The van der Waals surface area contributed by atoms with Gasteiger partial charge >= 0.3 is 12.2 Å². The number of benzene rings is 3. The Kier molecular flexibility index (Phi) is 10.7. The highest BCUT2D eigenvalue weighted by molar-refractivity contribution is 5.97. The van der Waals surface area contributed by atoms with Crippen LogP contribution in [0.25, 0.3) is 11.1 Å². The lowest BCUT2D eigenvalue weighted by molar-refractivity contribution is 0.0275. The highest BCUT2D eigenvalue weighted by atomic mass is 19.2. The van der Waals surface area contributed by atoms with Gasteiger partial charge in [0.25, 0.3) is 11.8 Å². The molecule has 0 saturated carbocycles. The van der Waals surface area contributed by atoms with Crippen molar-refractivity contribution in [1.82, 2.24) is 19.6 Å². The normalized spacial score (nSPS) is 17.9. The zero-order chi connectivity index (χ0) is 38.0. The lowest BCUT2D eigenvalue weighted by Crippen LogP contribution is -2.50. The van der Waals surface area contributed by atoms with Crippen molar-refractivity contribution in [2.75, 3.05) is 70.3 Å². The molecule has 3 aliphatic heterocycles. The van der Waals surface area contributed by atoms with E-state index in [2.05, 4.69) is 0 Å². The molecule has 0 radical (unpaired) electrons. The molecule has 1 N–H and O–H groups in total.